The third kappa shape index (κ3) is 0.681. The van der Waals surface area contributed by atoms with Crippen molar-refractivity contribution in [1.82, 2.24) is 0 Å². The molecule has 2 saturated carbocycles. The van der Waals surface area contributed by atoms with Gasteiger partial charge in [-0.1, -0.05) is 20.8 Å². The molecule has 0 amide bonds. The van der Waals surface area contributed by atoms with Crippen molar-refractivity contribution in [2.45, 2.75) is 33.6 Å². The Morgan fingerprint density at radius 1 is 0.800 bits per heavy atom. The van der Waals surface area contributed by atoms with Crippen molar-refractivity contribution in [2.24, 2.45) is 29.6 Å². The smallest absolute Gasteiger partial charge is 0.0352 e. The Morgan fingerprint density at radius 2 is 1.20 bits per heavy atom. The van der Waals surface area contributed by atoms with E-state index in [0.717, 1.165) is 29.6 Å². The quantitative estimate of drug-likeness (QED) is 0.483. The van der Waals surface area contributed by atoms with E-state index in [4.69, 9.17) is 0 Å². The van der Waals surface area contributed by atoms with Crippen LogP contribution in [0.15, 0.2) is 0 Å². The predicted molar refractivity (Wildman–Crippen MR) is 43.7 cm³/mol. The Kier molecular flexibility index (Phi) is 1.33. The largest absolute Gasteiger partial charge is 0.0625 e. The van der Waals surface area contributed by atoms with Gasteiger partial charge in [0.25, 0.3) is 0 Å². The molecule has 2 fully saturated rings. The van der Waals surface area contributed by atoms with Crippen LogP contribution in [-0.2, 0) is 0 Å². The van der Waals surface area contributed by atoms with Gasteiger partial charge in [0.1, 0.15) is 0 Å². The summed E-state index contributed by atoms with van der Waals surface area (Å²) in [5, 5.41) is 0. The highest BCUT2D eigenvalue weighted by molar-refractivity contribution is 4.98. The van der Waals surface area contributed by atoms with E-state index in [1.165, 1.54) is 12.8 Å². The molecule has 0 N–H and O–H groups in total. The Labute approximate surface area is 64.0 Å². The minimum atomic E-state index is 1.03. The molecule has 2 rings (SSSR count). The molecule has 2 aliphatic carbocycles. The molecule has 0 radical (unpaired) electrons. The van der Waals surface area contributed by atoms with Crippen molar-refractivity contribution in [3.8, 4) is 0 Å². The van der Waals surface area contributed by atoms with Crippen LogP contribution in [0, 0.1) is 29.6 Å². The van der Waals surface area contributed by atoms with E-state index in [2.05, 4.69) is 20.8 Å². The van der Waals surface area contributed by atoms with Crippen LogP contribution in [0.1, 0.15) is 33.6 Å². The Morgan fingerprint density at radius 3 is 1.60 bits per heavy atom. The minimum Gasteiger partial charge on any atom is -0.0625 e. The van der Waals surface area contributed by atoms with Crippen LogP contribution in [0.5, 0.6) is 0 Å². The molecule has 2 aliphatic rings. The van der Waals surface area contributed by atoms with E-state index in [0.29, 0.717) is 0 Å². The fraction of sp³-hybridized carbons (Fsp3) is 1.00. The summed E-state index contributed by atoms with van der Waals surface area (Å²) in [5.74, 6) is 5.34. The predicted octanol–water partition coefficient (Wildman–Crippen LogP) is 2.93. The fourth-order valence-corrected chi connectivity index (χ4v) is 3.22. The highest BCUT2D eigenvalue weighted by Crippen LogP contribution is 2.56. The Hall–Kier alpha value is 0. The average molecular weight is 138 g/mol. The van der Waals surface area contributed by atoms with Crippen LogP contribution < -0.4 is 0 Å². The van der Waals surface area contributed by atoms with Crippen LogP contribution in [0.3, 0.4) is 0 Å². The molecule has 0 spiro atoms. The first-order valence-corrected chi connectivity index (χ1v) is 4.70. The summed E-state index contributed by atoms with van der Waals surface area (Å²) in [6, 6.07) is 0. The van der Waals surface area contributed by atoms with Crippen molar-refractivity contribution >= 4 is 0 Å². The molecule has 4 atom stereocenters. The summed E-state index contributed by atoms with van der Waals surface area (Å²) in [7, 11) is 0. The second-order valence-electron chi connectivity index (χ2n) is 4.62. The SMILES string of the molecule is CC1CC2C(C)C(C)C2C1. The molecule has 0 nitrogen and oxygen atoms in total. The zero-order valence-corrected chi connectivity index (χ0v) is 7.30. The standard InChI is InChI=1S/C10H18/c1-6-4-9-7(2)8(3)10(9)5-6/h6-10H,4-5H2,1-3H3. The molecular formula is C10H18. The van der Waals surface area contributed by atoms with Crippen molar-refractivity contribution in [2.75, 3.05) is 0 Å². The maximum Gasteiger partial charge on any atom is -0.0352 e. The third-order valence-corrected chi connectivity index (χ3v) is 4.08. The lowest BCUT2D eigenvalue weighted by atomic mass is 9.60. The van der Waals surface area contributed by atoms with Crippen molar-refractivity contribution in [1.29, 1.82) is 0 Å². The summed E-state index contributed by atoms with van der Waals surface area (Å²) >= 11 is 0. The molecular weight excluding hydrogens is 120 g/mol. The first kappa shape index (κ1) is 6.69. The van der Waals surface area contributed by atoms with Crippen LogP contribution in [0.2, 0.25) is 0 Å². The van der Waals surface area contributed by atoms with Crippen LogP contribution in [-0.4, -0.2) is 0 Å². The lowest BCUT2D eigenvalue weighted by Gasteiger charge is -2.45. The topological polar surface area (TPSA) is 0 Å². The van der Waals surface area contributed by atoms with Gasteiger partial charge in [-0.25, -0.2) is 0 Å². The van der Waals surface area contributed by atoms with Gasteiger partial charge >= 0.3 is 0 Å². The maximum absolute atomic E-state index is 2.43. The highest BCUT2D eigenvalue weighted by atomic mass is 14.5. The molecule has 0 heteroatoms. The Balaban J connectivity index is 2.04. The van der Waals surface area contributed by atoms with Crippen LogP contribution >= 0.6 is 0 Å². The molecule has 0 aromatic heterocycles. The molecule has 0 aromatic rings. The molecule has 58 valence electrons. The lowest BCUT2D eigenvalue weighted by Crippen LogP contribution is -2.39. The van der Waals surface area contributed by atoms with E-state index >= 15 is 0 Å². The monoisotopic (exact) mass is 138 g/mol. The second-order valence-corrected chi connectivity index (χ2v) is 4.62. The van der Waals surface area contributed by atoms with E-state index in [-0.39, 0.29) is 0 Å². The van der Waals surface area contributed by atoms with Crippen molar-refractivity contribution in [3.63, 3.8) is 0 Å². The molecule has 0 bridgehead atoms. The lowest BCUT2D eigenvalue weighted by molar-refractivity contribution is 0.0302. The van der Waals surface area contributed by atoms with Gasteiger partial charge < -0.3 is 0 Å². The molecule has 10 heavy (non-hydrogen) atoms. The normalized spacial score (nSPS) is 59.7. The van der Waals surface area contributed by atoms with E-state index < -0.39 is 0 Å². The first-order valence-electron chi connectivity index (χ1n) is 4.70. The zero-order chi connectivity index (χ0) is 7.30. The second kappa shape index (κ2) is 1.99. The van der Waals surface area contributed by atoms with Gasteiger partial charge in [-0.3, -0.25) is 0 Å². The van der Waals surface area contributed by atoms with Gasteiger partial charge in [-0.2, -0.15) is 0 Å². The molecule has 0 heterocycles. The summed E-state index contributed by atoms with van der Waals surface area (Å²) in [6.45, 7) is 7.28. The summed E-state index contributed by atoms with van der Waals surface area (Å²) in [4.78, 5) is 0. The third-order valence-electron chi connectivity index (χ3n) is 4.08. The van der Waals surface area contributed by atoms with Crippen molar-refractivity contribution < 1.29 is 0 Å². The van der Waals surface area contributed by atoms with Gasteiger partial charge in [0, 0.05) is 0 Å². The Bertz CT molecular complexity index is 123. The first-order chi connectivity index (χ1) is 4.70. The number of hydrogen-bond donors (Lipinski definition) is 0. The van der Waals surface area contributed by atoms with Crippen molar-refractivity contribution in [3.05, 3.63) is 0 Å². The number of fused-ring (bicyclic) bond motifs is 1. The molecule has 4 unspecified atom stereocenters. The minimum absolute atomic E-state index is 1.03. The zero-order valence-electron chi connectivity index (χ0n) is 7.30. The summed E-state index contributed by atoms with van der Waals surface area (Å²) in [6.07, 6.45) is 3.05. The average Bonchev–Trinajstić information content (AvgIpc) is 2.27. The van der Waals surface area contributed by atoms with E-state index in [1.807, 2.05) is 0 Å². The van der Waals surface area contributed by atoms with Gasteiger partial charge in [-0.15, -0.1) is 0 Å². The maximum atomic E-state index is 2.43. The number of rotatable bonds is 0. The van der Waals surface area contributed by atoms with Gasteiger partial charge in [-0.05, 0) is 42.4 Å². The van der Waals surface area contributed by atoms with E-state index in [1.54, 1.807) is 0 Å². The van der Waals surface area contributed by atoms with Crippen LogP contribution in [0.4, 0.5) is 0 Å². The van der Waals surface area contributed by atoms with Crippen LogP contribution in [0.25, 0.3) is 0 Å². The molecule has 0 aromatic carbocycles. The fourth-order valence-electron chi connectivity index (χ4n) is 3.22. The summed E-state index contributed by atoms with van der Waals surface area (Å²) < 4.78 is 0. The summed E-state index contributed by atoms with van der Waals surface area (Å²) in [5.41, 5.74) is 0. The van der Waals surface area contributed by atoms with Gasteiger partial charge in [0.2, 0.25) is 0 Å². The van der Waals surface area contributed by atoms with E-state index in [9.17, 15) is 0 Å². The van der Waals surface area contributed by atoms with Gasteiger partial charge in [0.15, 0.2) is 0 Å². The number of hydrogen-bond acceptors (Lipinski definition) is 0. The highest BCUT2D eigenvalue weighted by Gasteiger charge is 2.49. The molecule has 0 saturated heterocycles. The van der Waals surface area contributed by atoms with Gasteiger partial charge in [0.05, 0.1) is 0 Å². The molecule has 0 aliphatic heterocycles.